The third-order valence-electron chi connectivity index (χ3n) is 3.50. The van der Waals surface area contributed by atoms with Gasteiger partial charge in [-0.2, -0.15) is 0 Å². The highest BCUT2D eigenvalue weighted by Crippen LogP contribution is 2.34. The summed E-state index contributed by atoms with van der Waals surface area (Å²) >= 11 is 3.47. The molecule has 1 amide bonds. The molecule has 0 unspecified atom stereocenters. The number of nitrogens with one attached hydrogen (secondary N) is 2. The summed E-state index contributed by atoms with van der Waals surface area (Å²) in [5.41, 5.74) is 7.01. The second-order valence-electron chi connectivity index (χ2n) is 4.93. The fourth-order valence-electron chi connectivity index (χ4n) is 2.42. The van der Waals surface area contributed by atoms with E-state index in [1.165, 1.54) is 0 Å². The van der Waals surface area contributed by atoms with E-state index in [-0.39, 0.29) is 5.91 Å². The van der Waals surface area contributed by atoms with Gasteiger partial charge in [-0.25, -0.2) is 0 Å². The second-order valence-corrected chi connectivity index (χ2v) is 5.78. The highest BCUT2D eigenvalue weighted by atomic mass is 79.9. The number of halogens is 1. The summed E-state index contributed by atoms with van der Waals surface area (Å²) in [5, 5.41) is 1.72. The van der Waals surface area contributed by atoms with Gasteiger partial charge in [0.15, 0.2) is 0 Å². The summed E-state index contributed by atoms with van der Waals surface area (Å²) in [6.45, 7) is 0. The van der Waals surface area contributed by atoms with E-state index in [1.807, 2.05) is 54.6 Å². The Hall–Kier alpha value is -2.53. The quantitative estimate of drug-likeness (QED) is 0.670. The number of carbonyl (C=O) groups is 1. The third kappa shape index (κ3) is 3.14. The molecule has 0 fully saturated rings. The number of hydrazine groups is 1. The van der Waals surface area contributed by atoms with E-state index >= 15 is 0 Å². The topological polar surface area (TPSA) is 50.4 Å². The minimum atomic E-state index is -0.223. The summed E-state index contributed by atoms with van der Waals surface area (Å²) in [6.07, 6.45) is 0. The molecule has 0 spiro atoms. The van der Waals surface area contributed by atoms with Crippen molar-refractivity contribution in [3.63, 3.8) is 0 Å². The van der Waals surface area contributed by atoms with Gasteiger partial charge in [-0.3, -0.25) is 15.6 Å². The molecule has 116 valence electrons. The molecule has 23 heavy (non-hydrogen) atoms. The number of hydrogen-bond acceptors (Lipinski definition) is 3. The van der Waals surface area contributed by atoms with Gasteiger partial charge < -0.3 is 4.74 Å². The largest absolute Gasteiger partial charge is 0.496 e. The van der Waals surface area contributed by atoms with Gasteiger partial charge in [0.25, 0.3) is 5.91 Å². The summed E-state index contributed by atoms with van der Waals surface area (Å²) < 4.78 is 6.08. The van der Waals surface area contributed by atoms with E-state index in [1.54, 1.807) is 13.2 Å². The maximum atomic E-state index is 12.6. The zero-order valence-electron chi connectivity index (χ0n) is 12.5. The van der Waals surface area contributed by atoms with Gasteiger partial charge in [0, 0.05) is 9.86 Å². The van der Waals surface area contributed by atoms with Crippen LogP contribution in [0.5, 0.6) is 5.75 Å². The maximum absolute atomic E-state index is 12.6. The minimum Gasteiger partial charge on any atom is -0.496 e. The molecule has 2 N–H and O–H groups in total. The number of anilines is 1. The second kappa shape index (κ2) is 6.71. The fraction of sp³-hybridized carbons (Fsp3) is 0.0556. The molecular formula is C18H15BrN2O2. The van der Waals surface area contributed by atoms with E-state index in [0.717, 1.165) is 22.2 Å². The number of fused-ring (bicyclic) bond motifs is 1. The molecule has 0 aliphatic carbocycles. The van der Waals surface area contributed by atoms with Gasteiger partial charge in [0.2, 0.25) is 0 Å². The molecule has 0 bridgehead atoms. The van der Waals surface area contributed by atoms with Crippen molar-refractivity contribution in [3.8, 4) is 5.75 Å². The lowest BCUT2D eigenvalue weighted by molar-refractivity contribution is 0.0963. The van der Waals surface area contributed by atoms with Gasteiger partial charge in [-0.1, -0.05) is 42.5 Å². The minimum absolute atomic E-state index is 0.223. The highest BCUT2D eigenvalue weighted by Gasteiger charge is 2.17. The molecule has 0 aromatic heterocycles. The molecule has 4 nitrogen and oxygen atoms in total. The number of carbonyl (C=O) groups excluding carboxylic acids is 1. The summed E-state index contributed by atoms with van der Waals surface area (Å²) in [7, 11) is 1.62. The standard InChI is InChI=1S/C18H15BrN2O2/c1-23-16-11-15(19)17(14-10-6-5-9-13(14)16)18(22)21-20-12-7-3-2-4-8-12/h2-11,20H,1H3,(H,21,22). The number of hydrogen-bond donors (Lipinski definition) is 2. The average Bonchev–Trinajstić information content (AvgIpc) is 2.60. The number of benzene rings is 3. The van der Waals surface area contributed by atoms with E-state index in [2.05, 4.69) is 26.8 Å². The third-order valence-corrected chi connectivity index (χ3v) is 4.13. The lowest BCUT2D eigenvalue weighted by Crippen LogP contribution is -2.29. The molecule has 0 aliphatic heterocycles. The number of rotatable bonds is 4. The summed E-state index contributed by atoms with van der Waals surface area (Å²) in [6, 6.07) is 18.9. The summed E-state index contributed by atoms with van der Waals surface area (Å²) in [5.74, 6) is 0.500. The molecule has 0 radical (unpaired) electrons. The Bertz CT molecular complexity index is 850. The van der Waals surface area contributed by atoms with Crippen molar-refractivity contribution in [2.45, 2.75) is 0 Å². The first kappa shape index (κ1) is 15.4. The van der Waals surface area contributed by atoms with Crippen molar-refractivity contribution in [1.29, 1.82) is 0 Å². The predicted octanol–water partition coefficient (Wildman–Crippen LogP) is 4.37. The van der Waals surface area contributed by atoms with Crippen LogP contribution in [-0.2, 0) is 0 Å². The van der Waals surface area contributed by atoms with Crippen LogP contribution in [0.1, 0.15) is 10.4 Å². The lowest BCUT2D eigenvalue weighted by atomic mass is 10.0. The fourth-order valence-corrected chi connectivity index (χ4v) is 3.02. The van der Waals surface area contributed by atoms with Crippen molar-refractivity contribution in [1.82, 2.24) is 5.43 Å². The number of amides is 1. The van der Waals surface area contributed by atoms with Crippen LogP contribution in [0.25, 0.3) is 10.8 Å². The molecule has 3 rings (SSSR count). The van der Waals surface area contributed by atoms with Crippen LogP contribution in [0, 0.1) is 0 Å². The van der Waals surface area contributed by atoms with E-state index in [0.29, 0.717) is 10.0 Å². The Balaban J connectivity index is 1.96. The monoisotopic (exact) mass is 370 g/mol. The van der Waals surface area contributed by atoms with Crippen molar-refractivity contribution in [2.75, 3.05) is 12.5 Å². The molecule has 0 saturated heterocycles. The first-order chi connectivity index (χ1) is 11.2. The average molecular weight is 371 g/mol. The van der Waals surface area contributed by atoms with Gasteiger partial charge in [-0.05, 0) is 39.5 Å². The number of para-hydroxylation sites is 1. The van der Waals surface area contributed by atoms with Crippen molar-refractivity contribution >= 4 is 38.3 Å². The Morgan fingerprint density at radius 3 is 2.35 bits per heavy atom. The van der Waals surface area contributed by atoms with Gasteiger partial charge in [0.05, 0.1) is 18.4 Å². The SMILES string of the molecule is COc1cc(Br)c(C(=O)NNc2ccccc2)c2ccccc12. The number of ether oxygens (including phenoxy) is 1. The van der Waals surface area contributed by atoms with Crippen LogP contribution in [0.4, 0.5) is 5.69 Å². The molecule has 0 atom stereocenters. The van der Waals surface area contributed by atoms with Crippen molar-refractivity contribution in [3.05, 3.63) is 70.7 Å². The molecule has 0 heterocycles. The van der Waals surface area contributed by atoms with Gasteiger partial charge >= 0.3 is 0 Å². The predicted molar refractivity (Wildman–Crippen MR) is 95.7 cm³/mol. The zero-order valence-corrected chi connectivity index (χ0v) is 14.1. The van der Waals surface area contributed by atoms with Crippen molar-refractivity contribution in [2.24, 2.45) is 0 Å². The van der Waals surface area contributed by atoms with Gasteiger partial charge in [-0.15, -0.1) is 0 Å². The van der Waals surface area contributed by atoms with Crippen LogP contribution >= 0.6 is 15.9 Å². The zero-order chi connectivity index (χ0) is 16.2. The van der Waals surface area contributed by atoms with Crippen LogP contribution in [0.2, 0.25) is 0 Å². The van der Waals surface area contributed by atoms with E-state index in [9.17, 15) is 4.79 Å². The smallest absolute Gasteiger partial charge is 0.271 e. The molecular weight excluding hydrogens is 356 g/mol. The Morgan fingerprint density at radius 2 is 1.65 bits per heavy atom. The molecule has 3 aromatic carbocycles. The Labute approximate surface area is 142 Å². The maximum Gasteiger partial charge on any atom is 0.271 e. The van der Waals surface area contributed by atoms with Crippen LogP contribution in [0.15, 0.2) is 65.1 Å². The Kier molecular flexibility index (Phi) is 4.48. The number of methoxy groups -OCH3 is 1. The summed E-state index contributed by atoms with van der Waals surface area (Å²) in [4.78, 5) is 12.6. The molecule has 0 aliphatic rings. The van der Waals surface area contributed by atoms with E-state index in [4.69, 9.17) is 4.74 Å². The lowest BCUT2D eigenvalue weighted by Gasteiger charge is -2.14. The highest BCUT2D eigenvalue weighted by molar-refractivity contribution is 9.10. The van der Waals surface area contributed by atoms with Crippen LogP contribution in [0.3, 0.4) is 0 Å². The van der Waals surface area contributed by atoms with Crippen molar-refractivity contribution < 1.29 is 9.53 Å². The molecule has 0 saturated carbocycles. The molecule has 3 aromatic rings. The first-order valence-electron chi connectivity index (χ1n) is 7.07. The normalized spacial score (nSPS) is 10.3. The Morgan fingerprint density at radius 1 is 1.00 bits per heavy atom. The first-order valence-corrected chi connectivity index (χ1v) is 7.86. The van der Waals surface area contributed by atoms with Crippen LogP contribution in [-0.4, -0.2) is 13.0 Å². The van der Waals surface area contributed by atoms with E-state index < -0.39 is 0 Å². The van der Waals surface area contributed by atoms with Crippen LogP contribution < -0.4 is 15.6 Å². The molecule has 5 heteroatoms. The van der Waals surface area contributed by atoms with Gasteiger partial charge in [0.1, 0.15) is 5.75 Å².